The zero-order chi connectivity index (χ0) is 13.8. The summed E-state index contributed by atoms with van der Waals surface area (Å²) in [4.78, 5) is 15.9. The van der Waals surface area contributed by atoms with E-state index in [1.165, 1.54) is 0 Å². The predicted octanol–water partition coefficient (Wildman–Crippen LogP) is 2.52. The highest BCUT2D eigenvalue weighted by molar-refractivity contribution is 6.09. The number of nitrogens with zero attached hydrogens (tertiary/aromatic N) is 1. The van der Waals surface area contributed by atoms with Crippen LogP contribution in [0.25, 0.3) is 0 Å². The first-order valence-corrected chi connectivity index (χ1v) is 5.91. The number of aryl methyl sites for hydroxylation is 2. The zero-order valence-corrected chi connectivity index (χ0v) is 10.9. The second kappa shape index (κ2) is 5.36. The van der Waals surface area contributed by atoms with Crippen LogP contribution in [-0.2, 0) is 0 Å². The van der Waals surface area contributed by atoms with Gasteiger partial charge in [-0.1, -0.05) is 35.7 Å². The topological polar surface area (TPSA) is 56.0 Å². The van der Waals surface area contributed by atoms with Crippen LogP contribution in [-0.4, -0.2) is 10.8 Å². The molecule has 1 heterocycles. The summed E-state index contributed by atoms with van der Waals surface area (Å²) in [7, 11) is 0. The number of carbonyl (C=O) groups excluding carboxylic acids is 1. The molecule has 19 heavy (non-hydrogen) atoms. The lowest BCUT2D eigenvalue weighted by molar-refractivity contribution is 0.105. The highest BCUT2D eigenvalue weighted by Crippen LogP contribution is 2.09. The second-order valence-electron chi connectivity index (χ2n) is 4.39. The lowest BCUT2D eigenvalue weighted by Gasteiger charge is -1.98. The van der Waals surface area contributed by atoms with E-state index >= 15 is 0 Å². The average molecular weight is 250 g/mol. The first-order valence-electron chi connectivity index (χ1n) is 5.91. The fourth-order valence-corrected chi connectivity index (χ4v) is 1.58. The van der Waals surface area contributed by atoms with Crippen LogP contribution in [0.3, 0.4) is 0 Å². The van der Waals surface area contributed by atoms with E-state index in [0.717, 1.165) is 11.1 Å². The van der Waals surface area contributed by atoms with Gasteiger partial charge in [0.2, 0.25) is 5.78 Å². The van der Waals surface area contributed by atoms with E-state index in [2.05, 4.69) is 16.8 Å². The molecule has 3 heteroatoms. The van der Waals surface area contributed by atoms with Crippen LogP contribution in [0.1, 0.15) is 27.0 Å². The van der Waals surface area contributed by atoms with Gasteiger partial charge >= 0.3 is 0 Å². The lowest BCUT2D eigenvalue weighted by Crippen LogP contribution is -1.97. The van der Waals surface area contributed by atoms with E-state index < -0.39 is 0 Å². The molecular weight excluding hydrogens is 236 g/mol. The van der Waals surface area contributed by atoms with E-state index in [-0.39, 0.29) is 5.78 Å². The molecule has 0 saturated heterocycles. The van der Waals surface area contributed by atoms with Gasteiger partial charge in [0.05, 0.1) is 5.56 Å². The molecule has 0 aliphatic rings. The number of rotatable bonds is 1. The number of carbonyl (C=O) groups is 1. The Morgan fingerprint density at radius 1 is 1.16 bits per heavy atom. The standard InChI is InChI=1S/C16H14N2O/c1-11-3-5-13(6-4-11)15(19)8-7-14-9-12(2)10-18-16(14)17/h3-6,9-10H,1-2H3,(H2,17,18). The minimum Gasteiger partial charge on any atom is -0.383 e. The maximum Gasteiger partial charge on any atom is 0.236 e. The SMILES string of the molecule is Cc1ccc(C(=O)C#Cc2cc(C)cnc2N)cc1. The number of ketones is 1. The molecule has 0 saturated carbocycles. The molecule has 2 aromatic rings. The molecule has 0 spiro atoms. The molecule has 0 aliphatic heterocycles. The van der Waals surface area contributed by atoms with Crippen LogP contribution in [0, 0.1) is 25.7 Å². The fourth-order valence-electron chi connectivity index (χ4n) is 1.58. The number of Topliss-reactive ketones (excluding diaryl/α,β-unsaturated/α-hetero) is 1. The van der Waals surface area contributed by atoms with E-state index in [9.17, 15) is 4.79 Å². The third-order valence-corrected chi connectivity index (χ3v) is 2.68. The van der Waals surface area contributed by atoms with E-state index in [1.807, 2.05) is 32.0 Å². The number of nitrogens with two attached hydrogens (primary N) is 1. The lowest BCUT2D eigenvalue weighted by atomic mass is 10.1. The summed E-state index contributed by atoms with van der Waals surface area (Å²) in [6.07, 6.45) is 1.67. The Bertz CT molecular complexity index is 676. The number of pyridine rings is 1. The Labute approximate surface area is 112 Å². The highest BCUT2D eigenvalue weighted by atomic mass is 16.1. The molecule has 0 fully saturated rings. The summed E-state index contributed by atoms with van der Waals surface area (Å²) in [6, 6.07) is 9.13. The summed E-state index contributed by atoms with van der Waals surface area (Å²) >= 11 is 0. The van der Waals surface area contributed by atoms with Crippen molar-refractivity contribution in [3.05, 3.63) is 58.8 Å². The smallest absolute Gasteiger partial charge is 0.236 e. The molecule has 1 aromatic carbocycles. The van der Waals surface area contributed by atoms with Gasteiger partial charge in [-0.3, -0.25) is 4.79 Å². The monoisotopic (exact) mass is 250 g/mol. The third-order valence-electron chi connectivity index (χ3n) is 2.68. The summed E-state index contributed by atoms with van der Waals surface area (Å²) in [5, 5.41) is 0. The number of aromatic nitrogens is 1. The minimum atomic E-state index is -0.221. The third kappa shape index (κ3) is 3.20. The first kappa shape index (κ1) is 12.8. The van der Waals surface area contributed by atoms with Gasteiger partial charge in [0, 0.05) is 11.8 Å². The number of hydrogen-bond donors (Lipinski definition) is 1. The van der Waals surface area contributed by atoms with Crippen LogP contribution >= 0.6 is 0 Å². The molecule has 2 N–H and O–H groups in total. The molecule has 2 rings (SSSR count). The van der Waals surface area contributed by atoms with Gasteiger partial charge in [0.25, 0.3) is 0 Å². The normalized spacial score (nSPS) is 9.58. The molecule has 94 valence electrons. The number of hydrogen-bond acceptors (Lipinski definition) is 3. The van der Waals surface area contributed by atoms with Crippen molar-refractivity contribution in [3.63, 3.8) is 0 Å². The molecule has 0 bridgehead atoms. The summed E-state index contributed by atoms with van der Waals surface area (Å²) < 4.78 is 0. The van der Waals surface area contributed by atoms with Crippen LogP contribution in [0.4, 0.5) is 5.82 Å². The van der Waals surface area contributed by atoms with E-state index in [1.54, 1.807) is 18.3 Å². The highest BCUT2D eigenvalue weighted by Gasteiger charge is 2.02. The van der Waals surface area contributed by atoms with Gasteiger partial charge in [-0.25, -0.2) is 4.98 Å². The Balaban J connectivity index is 2.26. The number of benzene rings is 1. The van der Waals surface area contributed by atoms with Crippen molar-refractivity contribution in [1.29, 1.82) is 0 Å². The molecule has 0 atom stereocenters. The minimum absolute atomic E-state index is 0.221. The summed E-state index contributed by atoms with van der Waals surface area (Å²) in [5.41, 5.74) is 8.94. The van der Waals surface area contributed by atoms with Gasteiger partial charge in [-0.2, -0.15) is 0 Å². The Morgan fingerprint density at radius 3 is 2.53 bits per heavy atom. The second-order valence-corrected chi connectivity index (χ2v) is 4.39. The molecule has 3 nitrogen and oxygen atoms in total. The molecule has 1 aromatic heterocycles. The van der Waals surface area contributed by atoms with Crippen LogP contribution in [0.2, 0.25) is 0 Å². The van der Waals surface area contributed by atoms with Crippen LogP contribution in [0.15, 0.2) is 36.5 Å². The van der Waals surface area contributed by atoms with Crippen molar-refractivity contribution in [2.24, 2.45) is 0 Å². The maximum absolute atomic E-state index is 11.9. The van der Waals surface area contributed by atoms with Crippen molar-refractivity contribution < 1.29 is 4.79 Å². The fraction of sp³-hybridized carbons (Fsp3) is 0.125. The van der Waals surface area contributed by atoms with Gasteiger partial charge in [-0.15, -0.1) is 0 Å². The zero-order valence-electron chi connectivity index (χ0n) is 10.9. The van der Waals surface area contributed by atoms with Crippen LogP contribution < -0.4 is 5.73 Å². The first-order chi connectivity index (χ1) is 9.06. The quantitative estimate of drug-likeness (QED) is 0.625. The van der Waals surface area contributed by atoms with Crippen molar-refractivity contribution >= 4 is 11.6 Å². The maximum atomic E-state index is 11.9. The van der Waals surface area contributed by atoms with E-state index in [4.69, 9.17) is 5.73 Å². The molecule has 0 radical (unpaired) electrons. The molecule has 0 aliphatic carbocycles. The predicted molar refractivity (Wildman–Crippen MR) is 75.8 cm³/mol. The van der Waals surface area contributed by atoms with Crippen molar-refractivity contribution in [2.75, 3.05) is 5.73 Å². The van der Waals surface area contributed by atoms with E-state index in [0.29, 0.717) is 16.9 Å². The van der Waals surface area contributed by atoms with Crippen molar-refractivity contribution in [3.8, 4) is 11.8 Å². The Kier molecular flexibility index (Phi) is 3.63. The molecule has 0 amide bonds. The summed E-state index contributed by atoms with van der Waals surface area (Å²) in [6.45, 7) is 3.87. The Hall–Kier alpha value is -2.60. The van der Waals surface area contributed by atoms with Gasteiger partial charge in [0.15, 0.2) is 0 Å². The van der Waals surface area contributed by atoms with Crippen molar-refractivity contribution in [2.45, 2.75) is 13.8 Å². The number of anilines is 1. The van der Waals surface area contributed by atoms with Gasteiger partial charge < -0.3 is 5.73 Å². The van der Waals surface area contributed by atoms with Crippen LogP contribution in [0.5, 0.6) is 0 Å². The largest absolute Gasteiger partial charge is 0.383 e. The molecular formula is C16H14N2O. The average Bonchev–Trinajstić information content (AvgIpc) is 2.40. The number of nitrogen functional groups attached to an aromatic ring is 1. The van der Waals surface area contributed by atoms with Crippen molar-refractivity contribution in [1.82, 2.24) is 4.98 Å². The summed E-state index contributed by atoms with van der Waals surface area (Å²) in [5.74, 6) is 5.49. The van der Waals surface area contributed by atoms with Gasteiger partial charge in [0.1, 0.15) is 5.82 Å². The molecule has 0 unspecified atom stereocenters. The van der Waals surface area contributed by atoms with Gasteiger partial charge in [-0.05, 0) is 31.4 Å². The Morgan fingerprint density at radius 2 is 1.84 bits per heavy atom.